The van der Waals surface area contributed by atoms with E-state index >= 15 is 0 Å². The minimum atomic E-state index is -1.82. The van der Waals surface area contributed by atoms with Gasteiger partial charge < -0.3 is 14.9 Å². The molecule has 168 valence electrons. The predicted molar refractivity (Wildman–Crippen MR) is 123 cm³/mol. The van der Waals surface area contributed by atoms with Gasteiger partial charge in [0.25, 0.3) is 0 Å². The molecular formula is C25H28N2O5. The Hall–Kier alpha value is -3.42. The number of hydrogen-bond donors (Lipinski definition) is 2. The lowest BCUT2D eigenvalue weighted by Crippen LogP contribution is -2.45. The van der Waals surface area contributed by atoms with Crippen molar-refractivity contribution in [1.82, 2.24) is 9.80 Å². The van der Waals surface area contributed by atoms with Crippen molar-refractivity contribution in [2.45, 2.75) is 13.1 Å². The summed E-state index contributed by atoms with van der Waals surface area (Å²) in [6, 6.07) is 23.7. The SMILES string of the molecule is COc1ccccc1CN1CCN(Cc2cccc3ccccc23)CC1.O=C(O)C(=O)O. The highest BCUT2D eigenvalue weighted by Crippen LogP contribution is 2.22. The average molecular weight is 437 g/mol. The molecule has 7 heteroatoms. The molecule has 0 aromatic heterocycles. The summed E-state index contributed by atoms with van der Waals surface area (Å²) in [6.07, 6.45) is 0. The first-order chi connectivity index (χ1) is 15.5. The molecule has 4 rings (SSSR count). The number of hydrogen-bond acceptors (Lipinski definition) is 5. The summed E-state index contributed by atoms with van der Waals surface area (Å²) in [4.78, 5) is 23.3. The fourth-order valence-corrected chi connectivity index (χ4v) is 3.85. The van der Waals surface area contributed by atoms with Gasteiger partial charge in [-0.05, 0) is 22.4 Å². The zero-order chi connectivity index (χ0) is 22.9. The van der Waals surface area contributed by atoms with E-state index in [9.17, 15) is 0 Å². The molecule has 1 heterocycles. The summed E-state index contributed by atoms with van der Waals surface area (Å²) in [5, 5.41) is 17.5. The summed E-state index contributed by atoms with van der Waals surface area (Å²) in [6.45, 7) is 6.42. The summed E-state index contributed by atoms with van der Waals surface area (Å²) >= 11 is 0. The Labute approximate surface area is 187 Å². The highest BCUT2D eigenvalue weighted by atomic mass is 16.5. The first-order valence-electron chi connectivity index (χ1n) is 10.5. The van der Waals surface area contributed by atoms with Crippen LogP contribution in [0.5, 0.6) is 5.75 Å². The number of carboxylic acids is 2. The number of piperazine rings is 1. The number of ether oxygens (including phenoxy) is 1. The van der Waals surface area contributed by atoms with E-state index < -0.39 is 11.9 Å². The van der Waals surface area contributed by atoms with Gasteiger partial charge in [0, 0.05) is 44.8 Å². The van der Waals surface area contributed by atoms with Crippen molar-refractivity contribution in [3.63, 3.8) is 0 Å². The summed E-state index contributed by atoms with van der Waals surface area (Å²) in [5.74, 6) is -2.66. The quantitative estimate of drug-likeness (QED) is 0.593. The molecular weight excluding hydrogens is 408 g/mol. The van der Waals surface area contributed by atoms with Gasteiger partial charge in [-0.15, -0.1) is 0 Å². The van der Waals surface area contributed by atoms with Crippen LogP contribution in [0.3, 0.4) is 0 Å². The third kappa shape index (κ3) is 6.29. The smallest absolute Gasteiger partial charge is 0.414 e. The van der Waals surface area contributed by atoms with Crippen molar-refractivity contribution >= 4 is 22.7 Å². The van der Waals surface area contributed by atoms with E-state index in [1.165, 1.54) is 21.9 Å². The highest BCUT2D eigenvalue weighted by molar-refractivity contribution is 6.27. The number of nitrogens with zero attached hydrogens (tertiary/aromatic N) is 2. The minimum absolute atomic E-state index is 0.964. The number of fused-ring (bicyclic) bond motifs is 1. The molecule has 1 aliphatic rings. The van der Waals surface area contributed by atoms with Gasteiger partial charge in [0.2, 0.25) is 0 Å². The van der Waals surface area contributed by atoms with Crippen LogP contribution < -0.4 is 4.74 Å². The van der Waals surface area contributed by atoms with E-state index in [0.717, 1.165) is 45.0 Å². The van der Waals surface area contributed by atoms with Crippen molar-refractivity contribution < 1.29 is 24.5 Å². The van der Waals surface area contributed by atoms with E-state index in [-0.39, 0.29) is 0 Å². The van der Waals surface area contributed by atoms with Gasteiger partial charge in [-0.25, -0.2) is 9.59 Å². The standard InChI is InChI=1S/C23H26N2O.C2H2O4/c1-26-23-12-5-3-8-21(23)18-25-15-13-24(14-16-25)17-20-10-6-9-19-7-2-4-11-22(19)20;3-1(4)2(5)6/h2-12H,13-18H2,1H3;(H,3,4)(H,5,6). The van der Waals surface area contributed by atoms with Crippen molar-refractivity contribution in [2.75, 3.05) is 33.3 Å². The molecule has 3 aromatic carbocycles. The number of para-hydroxylation sites is 1. The molecule has 0 radical (unpaired) electrons. The van der Waals surface area contributed by atoms with Crippen LogP contribution in [0.15, 0.2) is 66.7 Å². The zero-order valence-corrected chi connectivity index (χ0v) is 18.1. The Morgan fingerprint density at radius 2 is 1.25 bits per heavy atom. The molecule has 1 aliphatic heterocycles. The molecule has 2 N–H and O–H groups in total. The Balaban J connectivity index is 0.000000427. The van der Waals surface area contributed by atoms with E-state index in [4.69, 9.17) is 24.5 Å². The normalized spacial score (nSPS) is 14.4. The van der Waals surface area contributed by atoms with Crippen LogP contribution in [-0.2, 0) is 22.7 Å². The Morgan fingerprint density at radius 1 is 0.750 bits per heavy atom. The lowest BCUT2D eigenvalue weighted by Gasteiger charge is -2.35. The summed E-state index contributed by atoms with van der Waals surface area (Å²) in [5.41, 5.74) is 2.71. The maximum absolute atomic E-state index is 9.10. The van der Waals surface area contributed by atoms with Gasteiger partial charge in [-0.1, -0.05) is 60.7 Å². The van der Waals surface area contributed by atoms with Crippen LogP contribution in [-0.4, -0.2) is 65.2 Å². The number of methoxy groups -OCH3 is 1. The Bertz CT molecular complexity index is 1040. The van der Waals surface area contributed by atoms with Crippen molar-refractivity contribution in [3.8, 4) is 5.75 Å². The van der Waals surface area contributed by atoms with Crippen molar-refractivity contribution in [2.24, 2.45) is 0 Å². The van der Waals surface area contributed by atoms with E-state index in [0.29, 0.717) is 0 Å². The molecule has 32 heavy (non-hydrogen) atoms. The second kappa shape index (κ2) is 11.3. The Morgan fingerprint density at radius 3 is 1.88 bits per heavy atom. The summed E-state index contributed by atoms with van der Waals surface area (Å²) < 4.78 is 5.49. The molecule has 0 saturated carbocycles. The molecule has 0 spiro atoms. The minimum Gasteiger partial charge on any atom is -0.496 e. The molecule has 0 aliphatic carbocycles. The molecule has 0 bridgehead atoms. The molecule has 0 amide bonds. The second-order valence-electron chi connectivity index (χ2n) is 7.61. The molecule has 1 fully saturated rings. The fourth-order valence-electron chi connectivity index (χ4n) is 3.85. The summed E-state index contributed by atoms with van der Waals surface area (Å²) in [7, 11) is 1.75. The average Bonchev–Trinajstić information content (AvgIpc) is 2.81. The number of carboxylic acid groups (broad SMARTS) is 2. The van der Waals surface area contributed by atoms with Crippen molar-refractivity contribution in [1.29, 1.82) is 0 Å². The third-order valence-corrected chi connectivity index (χ3v) is 5.51. The lowest BCUT2D eigenvalue weighted by atomic mass is 10.0. The second-order valence-corrected chi connectivity index (χ2v) is 7.61. The van der Waals surface area contributed by atoms with Gasteiger partial charge in [-0.3, -0.25) is 9.80 Å². The fraction of sp³-hybridized carbons (Fsp3) is 0.280. The van der Waals surface area contributed by atoms with Crippen LogP contribution in [0.25, 0.3) is 10.8 Å². The van der Waals surface area contributed by atoms with Gasteiger partial charge >= 0.3 is 11.9 Å². The van der Waals surface area contributed by atoms with Crippen LogP contribution in [0.2, 0.25) is 0 Å². The third-order valence-electron chi connectivity index (χ3n) is 5.51. The van der Waals surface area contributed by atoms with Crippen LogP contribution in [0.4, 0.5) is 0 Å². The maximum Gasteiger partial charge on any atom is 0.414 e. The maximum atomic E-state index is 9.10. The topological polar surface area (TPSA) is 90.3 Å². The van der Waals surface area contributed by atoms with Gasteiger partial charge in [0.15, 0.2) is 0 Å². The van der Waals surface area contributed by atoms with E-state index in [1.54, 1.807) is 7.11 Å². The molecule has 1 saturated heterocycles. The number of aliphatic carboxylic acids is 2. The highest BCUT2D eigenvalue weighted by Gasteiger charge is 2.18. The number of benzene rings is 3. The number of rotatable bonds is 5. The predicted octanol–water partition coefficient (Wildman–Crippen LogP) is 3.32. The number of carbonyl (C=O) groups is 2. The lowest BCUT2D eigenvalue weighted by molar-refractivity contribution is -0.159. The van der Waals surface area contributed by atoms with Gasteiger partial charge in [0.1, 0.15) is 5.75 Å². The van der Waals surface area contributed by atoms with Gasteiger partial charge in [-0.2, -0.15) is 0 Å². The largest absolute Gasteiger partial charge is 0.496 e. The molecule has 0 atom stereocenters. The van der Waals surface area contributed by atoms with Crippen LogP contribution in [0, 0.1) is 0 Å². The van der Waals surface area contributed by atoms with Crippen LogP contribution >= 0.6 is 0 Å². The first kappa shape index (κ1) is 23.2. The van der Waals surface area contributed by atoms with E-state index in [2.05, 4.69) is 64.4 Å². The van der Waals surface area contributed by atoms with Crippen LogP contribution in [0.1, 0.15) is 11.1 Å². The first-order valence-corrected chi connectivity index (χ1v) is 10.5. The zero-order valence-electron chi connectivity index (χ0n) is 18.1. The molecule has 7 nitrogen and oxygen atoms in total. The molecule has 0 unspecified atom stereocenters. The monoisotopic (exact) mass is 436 g/mol. The molecule has 3 aromatic rings. The van der Waals surface area contributed by atoms with Crippen molar-refractivity contribution in [3.05, 3.63) is 77.9 Å². The van der Waals surface area contributed by atoms with Gasteiger partial charge in [0.05, 0.1) is 7.11 Å². The van der Waals surface area contributed by atoms with E-state index in [1.807, 2.05) is 12.1 Å². The Kier molecular flexibility index (Phi) is 8.19.